The molecule has 0 aliphatic carbocycles. The smallest absolute Gasteiger partial charge is 0.306 e. The van der Waals surface area contributed by atoms with Crippen LogP contribution in [0.4, 0.5) is 0 Å². The van der Waals surface area contributed by atoms with Crippen molar-refractivity contribution in [1.82, 2.24) is 0 Å². The summed E-state index contributed by atoms with van der Waals surface area (Å²) in [6.45, 7) is 6.61. The van der Waals surface area contributed by atoms with Gasteiger partial charge in [-0.3, -0.25) is 14.4 Å². The molecule has 61 heavy (non-hydrogen) atoms. The summed E-state index contributed by atoms with van der Waals surface area (Å²) in [5.41, 5.74) is 0. The van der Waals surface area contributed by atoms with E-state index in [-0.39, 0.29) is 31.1 Å². The van der Waals surface area contributed by atoms with Crippen LogP contribution in [0.3, 0.4) is 0 Å². The summed E-state index contributed by atoms with van der Waals surface area (Å²) in [6.07, 6.45) is 58.4. The predicted octanol–water partition coefficient (Wildman–Crippen LogP) is 17.3. The molecule has 6 nitrogen and oxygen atoms in total. The lowest BCUT2D eigenvalue weighted by atomic mass is 10.1. The van der Waals surface area contributed by atoms with E-state index < -0.39 is 6.10 Å². The van der Waals surface area contributed by atoms with Gasteiger partial charge in [0.1, 0.15) is 13.2 Å². The van der Waals surface area contributed by atoms with Crippen molar-refractivity contribution in [3.05, 3.63) is 36.5 Å². The zero-order chi connectivity index (χ0) is 44.4. The molecule has 0 rings (SSSR count). The third kappa shape index (κ3) is 48.5. The topological polar surface area (TPSA) is 78.9 Å². The van der Waals surface area contributed by atoms with Crippen LogP contribution in [0.1, 0.15) is 278 Å². The molecular weight excluding hydrogens is 757 g/mol. The summed E-state index contributed by atoms with van der Waals surface area (Å²) >= 11 is 0. The Morgan fingerprint density at radius 1 is 0.311 bits per heavy atom. The second-order valence-electron chi connectivity index (χ2n) is 17.8. The van der Waals surface area contributed by atoms with E-state index >= 15 is 0 Å². The van der Waals surface area contributed by atoms with Crippen LogP contribution in [0.25, 0.3) is 0 Å². The van der Waals surface area contributed by atoms with Gasteiger partial charge in [0, 0.05) is 19.3 Å². The Balaban J connectivity index is 4.39. The average Bonchev–Trinajstić information content (AvgIpc) is 3.26. The highest BCUT2D eigenvalue weighted by atomic mass is 16.6. The Kier molecular flexibility index (Phi) is 48.3. The van der Waals surface area contributed by atoms with Crippen LogP contribution in [0.15, 0.2) is 36.5 Å². The molecule has 0 bridgehead atoms. The highest BCUT2D eigenvalue weighted by Gasteiger charge is 2.19. The summed E-state index contributed by atoms with van der Waals surface area (Å²) in [5.74, 6) is -0.896. The maximum absolute atomic E-state index is 12.8. The first-order chi connectivity index (χ1) is 30.0. The standard InChI is InChI=1S/C55H100O6/c1-4-7-10-13-16-19-22-25-27-30-33-36-39-42-45-48-54(57)60-51-52(50-59-53(56)47-44-41-38-35-32-29-24-21-18-15-12-9-6-3)61-55(58)49-46-43-40-37-34-31-28-26-23-20-17-14-11-8-5-2/h21,24-28,52H,4-20,22-23,29-51H2,1-3H3. The maximum Gasteiger partial charge on any atom is 0.306 e. The van der Waals surface area contributed by atoms with Gasteiger partial charge >= 0.3 is 17.9 Å². The lowest BCUT2D eigenvalue weighted by Gasteiger charge is -2.18. The number of hydrogen-bond acceptors (Lipinski definition) is 6. The van der Waals surface area contributed by atoms with E-state index in [1.807, 2.05) is 0 Å². The molecule has 0 saturated carbocycles. The van der Waals surface area contributed by atoms with Crippen molar-refractivity contribution in [2.45, 2.75) is 284 Å². The molecule has 0 spiro atoms. The van der Waals surface area contributed by atoms with Crippen LogP contribution >= 0.6 is 0 Å². The highest BCUT2D eigenvalue weighted by molar-refractivity contribution is 5.71. The largest absolute Gasteiger partial charge is 0.462 e. The minimum Gasteiger partial charge on any atom is -0.462 e. The second kappa shape index (κ2) is 50.3. The van der Waals surface area contributed by atoms with Gasteiger partial charge in [-0.15, -0.1) is 0 Å². The molecule has 0 aromatic heterocycles. The van der Waals surface area contributed by atoms with Gasteiger partial charge in [0.2, 0.25) is 0 Å². The highest BCUT2D eigenvalue weighted by Crippen LogP contribution is 2.14. The van der Waals surface area contributed by atoms with Crippen molar-refractivity contribution in [2.24, 2.45) is 0 Å². The van der Waals surface area contributed by atoms with E-state index in [1.165, 1.54) is 154 Å². The van der Waals surface area contributed by atoms with Crippen molar-refractivity contribution >= 4 is 17.9 Å². The van der Waals surface area contributed by atoms with Gasteiger partial charge in [0.25, 0.3) is 0 Å². The molecule has 0 fully saturated rings. The van der Waals surface area contributed by atoms with Crippen LogP contribution < -0.4 is 0 Å². The lowest BCUT2D eigenvalue weighted by Crippen LogP contribution is -2.30. The molecule has 1 unspecified atom stereocenters. The molecular formula is C55H100O6. The van der Waals surface area contributed by atoms with Crippen molar-refractivity contribution < 1.29 is 28.6 Å². The van der Waals surface area contributed by atoms with Gasteiger partial charge < -0.3 is 14.2 Å². The number of unbranched alkanes of at least 4 members (excludes halogenated alkanes) is 31. The van der Waals surface area contributed by atoms with E-state index in [2.05, 4.69) is 57.2 Å². The monoisotopic (exact) mass is 857 g/mol. The molecule has 1 atom stereocenters. The van der Waals surface area contributed by atoms with Crippen LogP contribution in [0.5, 0.6) is 0 Å². The number of hydrogen-bond donors (Lipinski definition) is 0. The predicted molar refractivity (Wildman–Crippen MR) is 261 cm³/mol. The summed E-state index contributed by atoms with van der Waals surface area (Å²) in [4.78, 5) is 38.0. The first-order valence-corrected chi connectivity index (χ1v) is 26.5. The first kappa shape index (κ1) is 58.6. The molecule has 6 heteroatoms. The molecule has 0 aliphatic rings. The molecule has 0 N–H and O–H groups in total. The minimum absolute atomic E-state index is 0.0809. The Morgan fingerprint density at radius 2 is 0.541 bits per heavy atom. The van der Waals surface area contributed by atoms with E-state index in [4.69, 9.17) is 14.2 Å². The molecule has 0 saturated heterocycles. The van der Waals surface area contributed by atoms with Crippen molar-refractivity contribution in [1.29, 1.82) is 0 Å². The van der Waals surface area contributed by atoms with E-state index in [9.17, 15) is 14.4 Å². The number of ether oxygens (including phenoxy) is 3. The Labute approximate surface area is 378 Å². The molecule has 356 valence electrons. The SMILES string of the molecule is CCCCCCC=CCCCCCCCC(=O)OCC(COC(=O)CCCCCCCC=CCCCCCCCC)OC(=O)CCCCCCCC=CCCCCCCCC. The van der Waals surface area contributed by atoms with Crippen molar-refractivity contribution in [2.75, 3.05) is 13.2 Å². The van der Waals surface area contributed by atoms with Gasteiger partial charge in [-0.25, -0.2) is 0 Å². The summed E-state index contributed by atoms with van der Waals surface area (Å²) in [7, 11) is 0. The quantitative estimate of drug-likeness (QED) is 0.0262. The second-order valence-corrected chi connectivity index (χ2v) is 17.8. The molecule has 0 heterocycles. The third-order valence-electron chi connectivity index (χ3n) is 11.6. The minimum atomic E-state index is -0.780. The summed E-state index contributed by atoms with van der Waals surface area (Å²) in [6, 6.07) is 0. The van der Waals surface area contributed by atoms with Crippen LogP contribution in [-0.4, -0.2) is 37.2 Å². The fourth-order valence-corrected chi connectivity index (χ4v) is 7.54. The van der Waals surface area contributed by atoms with Crippen molar-refractivity contribution in [3.63, 3.8) is 0 Å². The fraction of sp³-hybridized carbons (Fsp3) is 0.836. The molecule has 0 aromatic rings. The van der Waals surface area contributed by atoms with Crippen LogP contribution in [-0.2, 0) is 28.6 Å². The molecule has 0 aliphatic heterocycles. The van der Waals surface area contributed by atoms with Gasteiger partial charge in [-0.05, 0) is 96.3 Å². The first-order valence-electron chi connectivity index (χ1n) is 26.5. The average molecular weight is 857 g/mol. The van der Waals surface area contributed by atoms with E-state index in [0.717, 1.165) is 83.5 Å². The van der Waals surface area contributed by atoms with Gasteiger partial charge in [0.15, 0.2) is 6.10 Å². The van der Waals surface area contributed by atoms with E-state index in [0.29, 0.717) is 19.3 Å². The van der Waals surface area contributed by atoms with Gasteiger partial charge in [-0.2, -0.15) is 0 Å². The third-order valence-corrected chi connectivity index (χ3v) is 11.6. The number of carbonyl (C=O) groups excluding carboxylic acids is 3. The molecule has 0 radical (unpaired) electrons. The van der Waals surface area contributed by atoms with Crippen molar-refractivity contribution in [3.8, 4) is 0 Å². The summed E-state index contributed by atoms with van der Waals surface area (Å²) in [5, 5.41) is 0. The Hall–Kier alpha value is -2.37. The zero-order valence-electron chi connectivity index (χ0n) is 40.7. The number of carbonyl (C=O) groups is 3. The maximum atomic E-state index is 12.8. The van der Waals surface area contributed by atoms with Gasteiger partial charge in [0.05, 0.1) is 0 Å². The number of allylic oxidation sites excluding steroid dienone is 6. The summed E-state index contributed by atoms with van der Waals surface area (Å²) < 4.78 is 16.8. The van der Waals surface area contributed by atoms with Gasteiger partial charge in [-0.1, -0.05) is 198 Å². The Bertz CT molecular complexity index is 1030. The molecule has 0 amide bonds. The lowest BCUT2D eigenvalue weighted by molar-refractivity contribution is -0.167. The van der Waals surface area contributed by atoms with Crippen LogP contribution in [0.2, 0.25) is 0 Å². The Morgan fingerprint density at radius 3 is 0.836 bits per heavy atom. The normalized spacial score (nSPS) is 12.2. The fourth-order valence-electron chi connectivity index (χ4n) is 7.54. The van der Waals surface area contributed by atoms with Crippen LogP contribution in [0, 0.1) is 0 Å². The number of rotatable bonds is 48. The number of esters is 3. The molecule has 0 aromatic carbocycles. The zero-order valence-corrected chi connectivity index (χ0v) is 40.7. The van der Waals surface area contributed by atoms with E-state index in [1.54, 1.807) is 0 Å².